The van der Waals surface area contributed by atoms with Crippen LogP contribution in [0.3, 0.4) is 0 Å². The molecule has 0 spiro atoms. The number of aryl methyl sites for hydroxylation is 2. The molecule has 0 aromatic carbocycles. The first-order valence-electron chi connectivity index (χ1n) is 4.63. The monoisotopic (exact) mass is 298 g/mol. The Morgan fingerprint density at radius 3 is 2.12 bits per heavy atom. The molecule has 6 nitrogen and oxygen atoms in total. The predicted molar refractivity (Wildman–Crippen MR) is 64.9 cm³/mol. The zero-order chi connectivity index (χ0) is 12.8. The molecule has 0 aliphatic heterocycles. The van der Waals surface area contributed by atoms with Gasteiger partial charge >= 0.3 is 0 Å². The van der Waals surface area contributed by atoms with Gasteiger partial charge in [0.15, 0.2) is 12.6 Å². The lowest BCUT2D eigenvalue weighted by molar-refractivity contribution is 0.111. The van der Waals surface area contributed by atoms with Gasteiger partial charge in [0.2, 0.25) is 0 Å². The molecule has 0 aliphatic carbocycles. The summed E-state index contributed by atoms with van der Waals surface area (Å²) in [5.74, 6) is 0. The van der Waals surface area contributed by atoms with Crippen molar-refractivity contribution < 1.29 is 9.59 Å². The van der Waals surface area contributed by atoms with Gasteiger partial charge < -0.3 is 9.13 Å². The molecule has 2 heterocycles. The Hall–Kier alpha value is -1.76. The lowest BCUT2D eigenvalue weighted by Gasteiger charge is -1.87. The summed E-state index contributed by atoms with van der Waals surface area (Å²) in [6.07, 6.45) is 6.26. The molecule has 0 bridgehead atoms. The quantitative estimate of drug-likeness (QED) is 0.782. The van der Waals surface area contributed by atoms with Crippen molar-refractivity contribution in [3.63, 3.8) is 0 Å². The summed E-state index contributed by atoms with van der Waals surface area (Å²) in [5.41, 5.74) is 0.921. The maximum Gasteiger partial charge on any atom is 0.171 e. The first kappa shape index (κ1) is 13.3. The fourth-order valence-electron chi connectivity index (χ4n) is 1.01. The summed E-state index contributed by atoms with van der Waals surface area (Å²) in [6.45, 7) is 0. The standard InChI is InChI=1S/C5H5BrN2O.C5H6N2O/c1-8-3-7-4(2-9)5(8)6;1-7-2-5(3-8)6-4-7/h2-3H,1H3;2-4H,1H3. The van der Waals surface area contributed by atoms with Gasteiger partial charge in [0, 0.05) is 20.3 Å². The smallest absolute Gasteiger partial charge is 0.171 e. The van der Waals surface area contributed by atoms with Crippen molar-refractivity contribution in [3.8, 4) is 0 Å². The van der Waals surface area contributed by atoms with Gasteiger partial charge in [0.05, 0.1) is 12.7 Å². The molecular formula is C10H11BrN4O2. The van der Waals surface area contributed by atoms with E-state index in [9.17, 15) is 9.59 Å². The molecule has 0 N–H and O–H groups in total. The molecule has 2 aromatic heterocycles. The molecule has 90 valence electrons. The Morgan fingerprint density at radius 2 is 1.88 bits per heavy atom. The molecule has 0 amide bonds. The van der Waals surface area contributed by atoms with E-state index in [0.29, 0.717) is 17.7 Å². The molecule has 2 aromatic rings. The number of carbonyl (C=O) groups is 2. The van der Waals surface area contributed by atoms with Crippen molar-refractivity contribution in [3.05, 3.63) is 34.8 Å². The van der Waals surface area contributed by atoms with Crippen LogP contribution in [-0.2, 0) is 14.1 Å². The van der Waals surface area contributed by atoms with Gasteiger partial charge in [-0.1, -0.05) is 0 Å². The van der Waals surface area contributed by atoms with E-state index in [1.807, 2.05) is 14.1 Å². The Labute approximate surface area is 106 Å². The number of rotatable bonds is 2. The van der Waals surface area contributed by atoms with E-state index in [4.69, 9.17) is 0 Å². The number of aldehydes is 2. The highest BCUT2D eigenvalue weighted by molar-refractivity contribution is 9.10. The first-order valence-corrected chi connectivity index (χ1v) is 5.43. The van der Waals surface area contributed by atoms with Crippen LogP contribution in [0.25, 0.3) is 0 Å². The summed E-state index contributed by atoms with van der Waals surface area (Å²) in [4.78, 5) is 27.6. The van der Waals surface area contributed by atoms with E-state index in [1.54, 1.807) is 28.0 Å². The van der Waals surface area contributed by atoms with Gasteiger partial charge in [-0.3, -0.25) is 9.59 Å². The fourth-order valence-corrected chi connectivity index (χ4v) is 1.29. The van der Waals surface area contributed by atoms with Crippen molar-refractivity contribution in [2.45, 2.75) is 0 Å². The minimum Gasteiger partial charge on any atom is -0.340 e. The topological polar surface area (TPSA) is 69.8 Å². The highest BCUT2D eigenvalue weighted by atomic mass is 79.9. The minimum atomic E-state index is 0.442. The zero-order valence-electron chi connectivity index (χ0n) is 9.37. The Kier molecular flexibility index (Phi) is 4.77. The molecule has 0 saturated heterocycles. The summed E-state index contributed by atoms with van der Waals surface area (Å²) >= 11 is 3.18. The number of aromatic nitrogens is 4. The highest BCUT2D eigenvalue weighted by Crippen LogP contribution is 2.10. The van der Waals surface area contributed by atoms with Gasteiger partial charge in [0.1, 0.15) is 16.0 Å². The number of nitrogens with zero attached hydrogens (tertiary/aromatic N) is 4. The lowest BCUT2D eigenvalue weighted by Crippen LogP contribution is -1.85. The molecule has 7 heteroatoms. The van der Waals surface area contributed by atoms with Gasteiger partial charge in [0.25, 0.3) is 0 Å². The molecule has 0 radical (unpaired) electrons. The number of hydrogen-bond donors (Lipinski definition) is 0. The second-order valence-electron chi connectivity index (χ2n) is 3.23. The van der Waals surface area contributed by atoms with E-state index in [1.165, 1.54) is 0 Å². The van der Waals surface area contributed by atoms with Crippen molar-refractivity contribution in [1.82, 2.24) is 19.1 Å². The second kappa shape index (κ2) is 6.09. The molecule has 0 aliphatic rings. The van der Waals surface area contributed by atoms with Crippen LogP contribution in [0.5, 0.6) is 0 Å². The Bertz CT molecular complexity index is 518. The zero-order valence-corrected chi connectivity index (χ0v) is 11.0. The van der Waals surface area contributed by atoms with Crippen LogP contribution in [0.15, 0.2) is 23.5 Å². The molecule has 0 fully saturated rings. The van der Waals surface area contributed by atoms with Crippen LogP contribution in [0, 0.1) is 0 Å². The van der Waals surface area contributed by atoms with E-state index in [2.05, 4.69) is 25.9 Å². The van der Waals surface area contributed by atoms with E-state index >= 15 is 0 Å². The largest absolute Gasteiger partial charge is 0.340 e. The van der Waals surface area contributed by atoms with Crippen molar-refractivity contribution in [1.29, 1.82) is 0 Å². The van der Waals surface area contributed by atoms with Crippen molar-refractivity contribution in [2.75, 3.05) is 0 Å². The summed E-state index contributed by atoms with van der Waals surface area (Å²) in [6, 6.07) is 0. The van der Waals surface area contributed by atoms with Gasteiger partial charge in [-0.05, 0) is 15.9 Å². The predicted octanol–water partition coefficient (Wildman–Crippen LogP) is 1.23. The van der Waals surface area contributed by atoms with Gasteiger partial charge in [-0.15, -0.1) is 0 Å². The van der Waals surface area contributed by atoms with Crippen LogP contribution in [-0.4, -0.2) is 31.7 Å². The first-order chi connectivity index (χ1) is 8.08. The van der Waals surface area contributed by atoms with Crippen LogP contribution in [0.1, 0.15) is 21.0 Å². The van der Waals surface area contributed by atoms with Gasteiger partial charge in [-0.2, -0.15) is 0 Å². The lowest BCUT2D eigenvalue weighted by atomic mass is 10.5. The number of halogens is 1. The van der Waals surface area contributed by atoms with E-state index in [0.717, 1.165) is 10.9 Å². The number of carbonyl (C=O) groups excluding carboxylic acids is 2. The molecule has 0 saturated carbocycles. The molecule has 17 heavy (non-hydrogen) atoms. The molecule has 0 unspecified atom stereocenters. The summed E-state index contributed by atoms with van der Waals surface area (Å²) < 4.78 is 4.17. The molecule has 2 rings (SSSR count). The summed E-state index contributed by atoms with van der Waals surface area (Å²) in [5, 5.41) is 0. The molecule has 0 atom stereocenters. The Morgan fingerprint density at radius 1 is 1.18 bits per heavy atom. The normalized spacial score (nSPS) is 9.35. The minimum absolute atomic E-state index is 0.442. The van der Waals surface area contributed by atoms with E-state index < -0.39 is 0 Å². The third kappa shape index (κ3) is 3.63. The third-order valence-electron chi connectivity index (χ3n) is 1.85. The Balaban J connectivity index is 0.000000171. The van der Waals surface area contributed by atoms with Gasteiger partial charge in [-0.25, -0.2) is 9.97 Å². The third-order valence-corrected chi connectivity index (χ3v) is 2.81. The van der Waals surface area contributed by atoms with E-state index in [-0.39, 0.29) is 0 Å². The fraction of sp³-hybridized carbons (Fsp3) is 0.200. The number of imidazole rings is 2. The van der Waals surface area contributed by atoms with Crippen LogP contribution >= 0.6 is 15.9 Å². The maximum absolute atomic E-state index is 10.1. The van der Waals surface area contributed by atoms with Crippen molar-refractivity contribution in [2.24, 2.45) is 14.1 Å². The average Bonchev–Trinajstić information content (AvgIpc) is 2.88. The van der Waals surface area contributed by atoms with Crippen LogP contribution in [0.4, 0.5) is 0 Å². The molecular weight excluding hydrogens is 288 g/mol. The second-order valence-corrected chi connectivity index (χ2v) is 3.98. The SMILES string of the molecule is Cn1cnc(C=O)c1.Cn1cnc(C=O)c1Br. The highest BCUT2D eigenvalue weighted by Gasteiger charge is 2.01. The number of hydrogen-bond acceptors (Lipinski definition) is 4. The average molecular weight is 299 g/mol. The van der Waals surface area contributed by atoms with Crippen LogP contribution < -0.4 is 0 Å². The summed E-state index contributed by atoms with van der Waals surface area (Å²) in [7, 11) is 3.63. The van der Waals surface area contributed by atoms with Crippen molar-refractivity contribution >= 4 is 28.5 Å². The maximum atomic E-state index is 10.1. The van der Waals surface area contributed by atoms with Crippen LogP contribution in [0.2, 0.25) is 0 Å².